The molecule has 0 saturated carbocycles. The molecule has 6 nitrogen and oxygen atoms in total. The van der Waals surface area contributed by atoms with Gasteiger partial charge in [-0.3, -0.25) is 9.67 Å². The summed E-state index contributed by atoms with van der Waals surface area (Å²) in [4.78, 5) is 7.43. The second-order valence-electron chi connectivity index (χ2n) is 7.13. The fourth-order valence-corrected chi connectivity index (χ4v) is 3.51. The van der Waals surface area contributed by atoms with Gasteiger partial charge in [0.1, 0.15) is 5.82 Å². The number of aromatic amines is 1. The predicted octanol–water partition coefficient (Wildman–Crippen LogP) is 3.46. The molecule has 0 atom stereocenters. The van der Waals surface area contributed by atoms with Crippen molar-refractivity contribution in [1.82, 2.24) is 25.4 Å². The monoisotopic (exact) mass is 404 g/mol. The Balaban J connectivity index is 1.29. The highest BCUT2D eigenvalue weighted by Crippen LogP contribution is 2.19. The molecule has 0 aliphatic heterocycles. The number of hydrogen-bond donors (Lipinski definition) is 3. The van der Waals surface area contributed by atoms with Crippen LogP contribution in [0.1, 0.15) is 16.7 Å². The second-order valence-corrected chi connectivity index (χ2v) is 7.13. The molecule has 0 bridgehead atoms. The van der Waals surface area contributed by atoms with Crippen LogP contribution in [0.4, 0.5) is 4.39 Å². The number of guanidine groups is 1. The molecule has 154 valence electrons. The molecule has 30 heavy (non-hydrogen) atoms. The number of fused-ring (bicyclic) bond motifs is 1. The van der Waals surface area contributed by atoms with Gasteiger partial charge in [-0.15, -0.1) is 0 Å². The SMILES string of the molecule is CN=C(NCCc1c[nH]c2cc(F)ccc12)NCc1cccc(Cn2cccn2)c1. The van der Waals surface area contributed by atoms with Gasteiger partial charge in [0.05, 0.1) is 6.54 Å². The van der Waals surface area contributed by atoms with E-state index in [1.54, 1.807) is 13.2 Å². The zero-order chi connectivity index (χ0) is 20.8. The van der Waals surface area contributed by atoms with Gasteiger partial charge in [-0.2, -0.15) is 5.10 Å². The van der Waals surface area contributed by atoms with Crippen molar-refractivity contribution in [2.45, 2.75) is 19.5 Å². The van der Waals surface area contributed by atoms with Gasteiger partial charge in [-0.25, -0.2) is 4.39 Å². The summed E-state index contributed by atoms with van der Waals surface area (Å²) in [6.45, 7) is 2.16. The number of nitrogens with zero attached hydrogens (tertiary/aromatic N) is 3. The standard InChI is InChI=1S/C23H25FN6/c1-25-23(26-10-8-19-15-27-22-13-20(24)6-7-21(19)22)28-14-17-4-2-5-18(12-17)16-30-11-3-9-29-30/h2-7,9,11-13,15,27H,8,10,14,16H2,1H3,(H2,25,26,28). The molecule has 0 aliphatic rings. The molecule has 0 unspecified atom stereocenters. The first kappa shape index (κ1) is 19.7. The molecule has 4 rings (SSSR count). The van der Waals surface area contributed by atoms with Crippen molar-refractivity contribution in [3.05, 3.63) is 89.6 Å². The highest BCUT2D eigenvalue weighted by Gasteiger charge is 2.06. The summed E-state index contributed by atoms with van der Waals surface area (Å²) in [5.41, 5.74) is 4.36. The normalized spacial score (nSPS) is 11.7. The average molecular weight is 404 g/mol. The topological polar surface area (TPSA) is 70.0 Å². The third-order valence-electron chi connectivity index (χ3n) is 4.99. The lowest BCUT2D eigenvalue weighted by Crippen LogP contribution is -2.37. The van der Waals surface area contributed by atoms with E-state index >= 15 is 0 Å². The summed E-state index contributed by atoms with van der Waals surface area (Å²) >= 11 is 0. The Hall–Kier alpha value is -3.61. The summed E-state index contributed by atoms with van der Waals surface area (Å²) < 4.78 is 15.2. The van der Waals surface area contributed by atoms with Crippen molar-refractivity contribution < 1.29 is 4.39 Å². The highest BCUT2D eigenvalue weighted by atomic mass is 19.1. The molecular formula is C23H25FN6. The van der Waals surface area contributed by atoms with Crippen molar-refractivity contribution in [1.29, 1.82) is 0 Å². The number of benzene rings is 2. The van der Waals surface area contributed by atoms with E-state index in [9.17, 15) is 4.39 Å². The highest BCUT2D eigenvalue weighted by molar-refractivity contribution is 5.83. The van der Waals surface area contributed by atoms with Crippen molar-refractivity contribution in [2.75, 3.05) is 13.6 Å². The molecule has 0 aliphatic carbocycles. The van der Waals surface area contributed by atoms with Crippen LogP contribution in [-0.4, -0.2) is 34.3 Å². The summed E-state index contributed by atoms with van der Waals surface area (Å²) in [5, 5.41) is 12.0. The number of rotatable bonds is 7. The molecule has 4 aromatic rings. The Morgan fingerprint density at radius 1 is 1.13 bits per heavy atom. The van der Waals surface area contributed by atoms with Crippen molar-refractivity contribution >= 4 is 16.9 Å². The van der Waals surface area contributed by atoms with Gasteiger partial charge in [-0.05, 0) is 47.4 Å². The van der Waals surface area contributed by atoms with Gasteiger partial charge in [0.25, 0.3) is 0 Å². The van der Waals surface area contributed by atoms with Gasteiger partial charge in [-0.1, -0.05) is 24.3 Å². The van der Waals surface area contributed by atoms with E-state index in [2.05, 4.69) is 50.0 Å². The summed E-state index contributed by atoms with van der Waals surface area (Å²) in [5.74, 6) is 0.519. The number of nitrogens with one attached hydrogen (secondary N) is 3. The van der Waals surface area contributed by atoms with E-state index in [4.69, 9.17) is 0 Å². The quantitative estimate of drug-likeness (QED) is 0.326. The Kier molecular flexibility index (Phi) is 6.08. The first-order valence-electron chi connectivity index (χ1n) is 9.96. The van der Waals surface area contributed by atoms with E-state index in [0.717, 1.165) is 41.9 Å². The first-order chi connectivity index (χ1) is 14.7. The summed E-state index contributed by atoms with van der Waals surface area (Å²) in [6.07, 6.45) is 6.50. The van der Waals surface area contributed by atoms with Gasteiger partial charge in [0.2, 0.25) is 0 Å². The van der Waals surface area contributed by atoms with Crippen LogP contribution in [0.2, 0.25) is 0 Å². The van der Waals surface area contributed by atoms with Crippen LogP contribution in [0.15, 0.2) is 72.1 Å². The van der Waals surface area contributed by atoms with Crippen LogP contribution in [-0.2, 0) is 19.5 Å². The van der Waals surface area contributed by atoms with Gasteiger partial charge < -0.3 is 15.6 Å². The fraction of sp³-hybridized carbons (Fsp3) is 0.217. The number of aromatic nitrogens is 3. The molecular weight excluding hydrogens is 379 g/mol. The maximum absolute atomic E-state index is 13.3. The molecule has 0 saturated heterocycles. The number of aliphatic imine (C=N–C) groups is 1. The molecule has 3 N–H and O–H groups in total. The van der Waals surface area contributed by atoms with Crippen LogP contribution < -0.4 is 10.6 Å². The average Bonchev–Trinajstić information content (AvgIpc) is 3.40. The van der Waals surface area contributed by atoms with Crippen molar-refractivity contribution in [3.63, 3.8) is 0 Å². The second kappa shape index (κ2) is 9.26. The zero-order valence-corrected chi connectivity index (χ0v) is 16.9. The molecule has 2 heterocycles. The third kappa shape index (κ3) is 4.86. The number of halogens is 1. The number of H-pyrrole nitrogens is 1. The molecule has 0 radical (unpaired) electrons. The lowest BCUT2D eigenvalue weighted by atomic mass is 10.1. The fourth-order valence-electron chi connectivity index (χ4n) is 3.51. The van der Waals surface area contributed by atoms with E-state index in [1.165, 1.54) is 23.3 Å². The maximum Gasteiger partial charge on any atom is 0.191 e. The largest absolute Gasteiger partial charge is 0.361 e. The van der Waals surface area contributed by atoms with Crippen LogP contribution in [0.25, 0.3) is 10.9 Å². The lowest BCUT2D eigenvalue weighted by Gasteiger charge is -2.12. The molecule has 0 fully saturated rings. The summed E-state index contributed by atoms with van der Waals surface area (Å²) in [7, 11) is 1.76. The summed E-state index contributed by atoms with van der Waals surface area (Å²) in [6, 6.07) is 15.2. The molecule has 7 heteroatoms. The Morgan fingerprint density at radius 3 is 2.87 bits per heavy atom. The van der Waals surface area contributed by atoms with E-state index in [-0.39, 0.29) is 5.82 Å². The van der Waals surface area contributed by atoms with Crippen LogP contribution >= 0.6 is 0 Å². The Labute approximate surface area is 174 Å². The molecule has 2 aromatic carbocycles. The minimum Gasteiger partial charge on any atom is -0.361 e. The van der Waals surface area contributed by atoms with Crippen LogP contribution in [0, 0.1) is 5.82 Å². The van der Waals surface area contributed by atoms with Crippen LogP contribution in [0.5, 0.6) is 0 Å². The van der Waals surface area contributed by atoms with Gasteiger partial charge in [0.15, 0.2) is 5.96 Å². The Bertz CT molecular complexity index is 1130. The van der Waals surface area contributed by atoms with E-state index in [0.29, 0.717) is 6.54 Å². The predicted molar refractivity (Wildman–Crippen MR) is 118 cm³/mol. The van der Waals surface area contributed by atoms with Gasteiger partial charge in [0, 0.05) is 49.6 Å². The van der Waals surface area contributed by atoms with Crippen LogP contribution in [0.3, 0.4) is 0 Å². The number of hydrogen-bond acceptors (Lipinski definition) is 2. The molecule has 0 amide bonds. The minimum absolute atomic E-state index is 0.229. The zero-order valence-electron chi connectivity index (χ0n) is 16.9. The third-order valence-corrected chi connectivity index (χ3v) is 4.99. The lowest BCUT2D eigenvalue weighted by molar-refractivity contribution is 0.629. The smallest absolute Gasteiger partial charge is 0.191 e. The first-order valence-corrected chi connectivity index (χ1v) is 9.96. The van der Waals surface area contributed by atoms with E-state index in [1.807, 2.05) is 29.2 Å². The van der Waals surface area contributed by atoms with Crippen molar-refractivity contribution in [3.8, 4) is 0 Å². The van der Waals surface area contributed by atoms with Crippen molar-refractivity contribution in [2.24, 2.45) is 4.99 Å². The minimum atomic E-state index is -0.229. The molecule has 2 aromatic heterocycles. The van der Waals surface area contributed by atoms with E-state index < -0.39 is 0 Å². The Morgan fingerprint density at radius 2 is 2.03 bits per heavy atom. The molecule has 0 spiro atoms. The van der Waals surface area contributed by atoms with Gasteiger partial charge >= 0.3 is 0 Å². The maximum atomic E-state index is 13.3.